The van der Waals surface area contributed by atoms with E-state index in [1.807, 2.05) is 0 Å². The van der Waals surface area contributed by atoms with Crippen LogP contribution in [-0.2, 0) is 46.8 Å². The number of rotatable bonds is 28. The number of hydrogen-bond acceptors (Lipinski definition) is 10. The Morgan fingerprint density at radius 1 is 0.359 bits per heavy atom. The van der Waals surface area contributed by atoms with Gasteiger partial charge in [0.15, 0.2) is 0 Å². The normalized spacial score (nSPS) is 12.2. The van der Waals surface area contributed by atoms with Crippen LogP contribution in [0.15, 0.2) is 0 Å². The molecule has 0 unspecified atom stereocenters. The van der Waals surface area contributed by atoms with E-state index in [4.69, 9.17) is 0 Å². The van der Waals surface area contributed by atoms with Gasteiger partial charge in [-0.25, -0.2) is 8.37 Å². The molecule has 0 aromatic carbocycles. The van der Waals surface area contributed by atoms with E-state index in [9.17, 15) is 25.3 Å². The Labute approximate surface area is 284 Å². The van der Waals surface area contributed by atoms with Crippen molar-refractivity contribution in [1.82, 2.24) is 0 Å². The van der Waals surface area contributed by atoms with Crippen molar-refractivity contribution in [1.29, 1.82) is 0 Å². The SMILES string of the molecule is CCCCCCCCCCCCOS(=O)(=O)OS(=O)(=O)OS(=O)(=O)OCCCCCCCCCCCC.[NaH].[NaH]. The molecule has 0 N–H and O–H groups in total. The second kappa shape index (κ2) is 28.5. The molecule has 0 aliphatic rings. The molecule has 0 radical (unpaired) electrons. The summed E-state index contributed by atoms with van der Waals surface area (Å²) in [5.41, 5.74) is 0. The van der Waals surface area contributed by atoms with Crippen LogP contribution in [0.2, 0.25) is 0 Å². The third-order valence-electron chi connectivity index (χ3n) is 5.78. The fraction of sp³-hybridized carbons (Fsp3) is 1.00. The van der Waals surface area contributed by atoms with Gasteiger partial charge in [-0.15, -0.1) is 0 Å². The maximum atomic E-state index is 11.7. The van der Waals surface area contributed by atoms with Gasteiger partial charge in [-0.05, 0) is 12.8 Å². The van der Waals surface area contributed by atoms with Gasteiger partial charge < -0.3 is 0 Å². The Hall–Kier alpha value is 1.69. The van der Waals surface area contributed by atoms with E-state index >= 15 is 0 Å². The molecule has 0 aromatic rings. The molecule has 0 heterocycles. The van der Waals surface area contributed by atoms with Crippen LogP contribution in [0.5, 0.6) is 0 Å². The molecule has 228 valence electrons. The van der Waals surface area contributed by atoms with E-state index in [0.29, 0.717) is 12.8 Å². The van der Waals surface area contributed by atoms with E-state index in [1.165, 1.54) is 64.2 Å². The monoisotopic (exact) mass is 642 g/mol. The maximum absolute atomic E-state index is 11.7. The average molecular weight is 643 g/mol. The van der Waals surface area contributed by atoms with Crippen LogP contribution in [0.25, 0.3) is 0 Å². The standard InChI is InChI=1S/C24H50O10S3.2Na.2H/c1-3-5-7-9-11-13-15-17-19-21-23-31-35(25,26)33-37(29,30)34-36(27,28)32-24-22-20-18-16-14-12-10-8-6-4-2;;;;/h3-24H2,1-2H3;;;;. The predicted octanol–water partition coefficient (Wildman–Crippen LogP) is 5.33. The minimum atomic E-state index is -5.45. The molecule has 0 rings (SSSR count). The quantitative estimate of drug-likeness (QED) is 0.0812. The van der Waals surface area contributed by atoms with Crippen molar-refractivity contribution >= 4 is 90.3 Å². The summed E-state index contributed by atoms with van der Waals surface area (Å²) >= 11 is 0. The summed E-state index contributed by atoms with van der Waals surface area (Å²) in [6.45, 7) is 3.78. The van der Waals surface area contributed by atoms with Gasteiger partial charge in [-0.2, -0.15) is 25.3 Å². The van der Waals surface area contributed by atoms with Gasteiger partial charge in [0.05, 0.1) is 13.2 Å². The Morgan fingerprint density at radius 2 is 0.590 bits per heavy atom. The van der Waals surface area contributed by atoms with Crippen molar-refractivity contribution in [3.63, 3.8) is 0 Å². The molecule has 0 aliphatic carbocycles. The molecule has 15 heteroatoms. The van der Waals surface area contributed by atoms with Crippen LogP contribution in [-0.4, -0.2) is 97.6 Å². The third kappa shape index (κ3) is 32.4. The van der Waals surface area contributed by atoms with E-state index < -0.39 is 31.2 Å². The summed E-state index contributed by atoms with van der Waals surface area (Å²) in [6, 6.07) is 0. The van der Waals surface area contributed by atoms with E-state index in [1.54, 1.807) is 0 Å². The Balaban J connectivity index is -0.00000648. The van der Waals surface area contributed by atoms with Crippen molar-refractivity contribution < 1.29 is 40.9 Å². The van der Waals surface area contributed by atoms with Crippen LogP contribution in [0, 0.1) is 0 Å². The van der Waals surface area contributed by atoms with E-state index in [0.717, 1.165) is 51.4 Å². The molecule has 0 spiro atoms. The summed E-state index contributed by atoms with van der Waals surface area (Å²) in [5.74, 6) is 0. The van der Waals surface area contributed by atoms with E-state index in [2.05, 4.69) is 29.5 Å². The van der Waals surface area contributed by atoms with Gasteiger partial charge in [-0.3, -0.25) is 0 Å². The molecule has 0 saturated carbocycles. The van der Waals surface area contributed by atoms with Gasteiger partial charge in [0.1, 0.15) is 0 Å². The molecule has 0 bridgehead atoms. The topological polar surface area (TPSA) is 139 Å². The molecule has 0 amide bonds. The van der Waals surface area contributed by atoms with E-state index in [-0.39, 0.29) is 72.3 Å². The van der Waals surface area contributed by atoms with Gasteiger partial charge in [0.2, 0.25) is 0 Å². The van der Waals surface area contributed by atoms with Gasteiger partial charge in [0.25, 0.3) is 0 Å². The zero-order chi connectivity index (χ0) is 27.9. The van der Waals surface area contributed by atoms with Crippen molar-refractivity contribution in [2.75, 3.05) is 13.2 Å². The first-order valence-electron chi connectivity index (χ1n) is 14.0. The average Bonchev–Trinajstić information content (AvgIpc) is 2.79. The second-order valence-corrected chi connectivity index (χ2v) is 13.4. The third-order valence-corrected chi connectivity index (χ3v) is 9.36. The van der Waals surface area contributed by atoms with Gasteiger partial charge in [-0.1, -0.05) is 137 Å². The molecule has 0 fully saturated rings. The first-order valence-corrected chi connectivity index (χ1v) is 18.0. The zero-order valence-electron chi connectivity index (χ0n) is 22.9. The zero-order valence-corrected chi connectivity index (χ0v) is 25.3. The molecule has 0 saturated heterocycles. The van der Waals surface area contributed by atoms with Crippen LogP contribution in [0.3, 0.4) is 0 Å². The molecular weight excluding hydrogens is 590 g/mol. The first kappa shape index (κ1) is 45.1. The van der Waals surface area contributed by atoms with Crippen LogP contribution in [0.4, 0.5) is 0 Å². The van der Waals surface area contributed by atoms with Crippen LogP contribution < -0.4 is 0 Å². The minimum absolute atomic E-state index is 0. The van der Waals surface area contributed by atoms with Gasteiger partial charge >= 0.3 is 90.3 Å². The van der Waals surface area contributed by atoms with Crippen molar-refractivity contribution in [2.45, 2.75) is 142 Å². The Morgan fingerprint density at radius 3 is 0.846 bits per heavy atom. The van der Waals surface area contributed by atoms with Crippen LogP contribution >= 0.6 is 0 Å². The second-order valence-electron chi connectivity index (χ2n) is 9.37. The Kier molecular flexibility index (Phi) is 32.9. The summed E-state index contributed by atoms with van der Waals surface area (Å²) in [5, 5.41) is 0. The fourth-order valence-electron chi connectivity index (χ4n) is 3.76. The number of unbranched alkanes of at least 4 members (excludes halogenated alkanes) is 18. The van der Waals surface area contributed by atoms with Crippen molar-refractivity contribution in [2.24, 2.45) is 0 Å². The first-order chi connectivity index (χ1) is 17.5. The number of hydrogen-bond donors (Lipinski definition) is 0. The molecule has 0 aliphatic heterocycles. The summed E-state index contributed by atoms with van der Waals surface area (Å²) in [6.07, 6.45) is 20.6. The molecule has 0 atom stereocenters. The molecular formula is C24H52Na2O10S3. The molecule has 10 nitrogen and oxygen atoms in total. The molecule has 39 heavy (non-hydrogen) atoms. The van der Waals surface area contributed by atoms with Crippen molar-refractivity contribution in [3.8, 4) is 0 Å². The van der Waals surface area contributed by atoms with Gasteiger partial charge in [0, 0.05) is 0 Å². The summed E-state index contributed by atoms with van der Waals surface area (Å²) < 4.78 is 86.8. The Bertz CT molecular complexity index is 787. The summed E-state index contributed by atoms with van der Waals surface area (Å²) in [4.78, 5) is 0. The molecule has 0 aromatic heterocycles. The predicted molar refractivity (Wildman–Crippen MR) is 159 cm³/mol. The summed E-state index contributed by atoms with van der Waals surface area (Å²) in [7, 11) is -15.5. The fourth-order valence-corrected chi connectivity index (χ4v) is 6.64. The van der Waals surface area contributed by atoms with Crippen LogP contribution in [0.1, 0.15) is 142 Å². The van der Waals surface area contributed by atoms with Crippen molar-refractivity contribution in [3.05, 3.63) is 0 Å².